The molecule has 0 bridgehead atoms. The fourth-order valence-electron chi connectivity index (χ4n) is 4.79. The van der Waals surface area contributed by atoms with Gasteiger partial charge in [0.1, 0.15) is 13.3 Å². The van der Waals surface area contributed by atoms with Gasteiger partial charge in [-0.25, -0.2) is 4.79 Å². The van der Waals surface area contributed by atoms with Crippen molar-refractivity contribution in [3.63, 3.8) is 0 Å². The average Bonchev–Trinajstić information content (AvgIpc) is 2.77. The molecular formula is C22H32N4O3. The van der Waals surface area contributed by atoms with Gasteiger partial charge in [0.15, 0.2) is 0 Å². The molecule has 0 aromatic carbocycles. The van der Waals surface area contributed by atoms with Gasteiger partial charge in [0.05, 0.1) is 0 Å². The zero-order chi connectivity index (χ0) is 20.1. The van der Waals surface area contributed by atoms with E-state index in [1.807, 2.05) is 11.1 Å². The summed E-state index contributed by atoms with van der Waals surface area (Å²) in [5.41, 5.74) is 4.24. The lowest BCUT2D eigenvalue weighted by Gasteiger charge is -2.37. The number of carbonyl (C=O) groups excluding carboxylic acids is 2. The number of aromatic nitrogens is 1. The fourth-order valence-corrected chi connectivity index (χ4v) is 4.79. The molecule has 158 valence electrons. The first kappa shape index (κ1) is 20.1. The zero-order valence-electron chi connectivity index (χ0n) is 17.2. The number of hydrogen-bond acceptors (Lipinski definition) is 4. The molecule has 29 heavy (non-hydrogen) atoms. The summed E-state index contributed by atoms with van der Waals surface area (Å²) in [7, 11) is 0. The highest BCUT2D eigenvalue weighted by atomic mass is 16.5. The van der Waals surface area contributed by atoms with E-state index in [2.05, 4.69) is 16.4 Å². The van der Waals surface area contributed by atoms with Gasteiger partial charge in [0.25, 0.3) is 0 Å². The van der Waals surface area contributed by atoms with Gasteiger partial charge < -0.3 is 19.9 Å². The van der Waals surface area contributed by atoms with E-state index >= 15 is 0 Å². The molecule has 1 N–H and O–H groups in total. The van der Waals surface area contributed by atoms with Gasteiger partial charge in [-0.05, 0) is 74.5 Å². The number of piperidine rings is 1. The van der Waals surface area contributed by atoms with Gasteiger partial charge in [-0.2, -0.15) is 0 Å². The van der Waals surface area contributed by atoms with Crippen LogP contribution in [0.25, 0.3) is 0 Å². The lowest BCUT2D eigenvalue weighted by Crippen LogP contribution is -2.48. The second kappa shape index (κ2) is 9.57. The first-order valence-corrected chi connectivity index (χ1v) is 11.1. The van der Waals surface area contributed by atoms with Crippen LogP contribution in [0.2, 0.25) is 0 Å². The van der Waals surface area contributed by atoms with Crippen LogP contribution in [0.1, 0.15) is 61.3 Å². The monoisotopic (exact) mass is 400 g/mol. The highest BCUT2D eigenvalue weighted by molar-refractivity contribution is 5.77. The number of urea groups is 1. The van der Waals surface area contributed by atoms with Crippen LogP contribution in [-0.2, 0) is 22.4 Å². The van der Waals surface area contributed by atoms with E-state index in [0.717, 1.165) is 51.6 Å². The first-order valence-electron chi connectivity index (χ1n) is 11.1. The van der Waals surface area contributed by atoms with Crippen molar-refractivity contribution < 1.29 is 14.3 Å². The maximum atomic E-state index is 13.0. The van der Waals surface area contributed by atoms with Crippen LogP contribution in [0.4, 0.5) is 4.79 Å². The quantitative estimate of drug-likeness (QED) is 0.786. The molecule has 3 amide bonds. The highest BCUT2D eigenvalue weighted by Crippen LogP contribution is 2.34. The Balaban J connectivity index is 1.35. The Labute approximate surface area is 172 Å². The molecule has 2 fully saturated rings. The largest absolute Gasteiger partial charge is 0.354 e. The Morgan fingerprint density at radius 1 is 1.07 bits per heavy atom. The van der Waals surface area contributed by atoms with E-state index in [9.17, 15) is 9.59 Å². The molecular weight excluding hydrogens is 368 g/mol. The molecule has 7 nitrogen and oxygen atoms in total. The number of likely N-dealkylation sites (tertiary alicyclic amines) is 1. The Morgan fingerprint density at radius 3 is 2.76 bits per heavy atom. The molecule has 2 saturated heterocycles. The van der Waals surface area contributed by atoms with Crippen molar-refractivity contribution in [2.75, 3.05) is 39.5 Å². The molecule has 3 aliphatic rings. The molecule has 1 aliphatic carbocycles. The van der Waals surface area contributed by atoms with E-state index in [1.165, 1.54) is 29.7 Å². The predicted octanol–water partition coefficient (Wildman–Crippen LogP) is 2.45. The van der Waals surface area contributed by atoms with Gasteiger partial charge in [-0.3, -0.25) is 9.78 Å². The third-order valence-corrected chi connectivity index (χ3v) is 6.40. The van der Waals surface area contributed by atoms with Crippen molar-refractivity contribution in [3.8, 4) is 0 Å². The summed E-state index contributed by atoms with van der Waals surface area (Å²) >= 11 is 0. The topological polar surface area (TPSA) is 74.8 Å². The number of amides is 3. The lowest BCUT2D eigenvalue weighted by atomic mass is 9.82. The first-order chi connectivity index (χ1) is 14.2. The number of fused-ring (bicyclic) bond motifs is 1. The molecule has 0 unspecified atom stereocenters. The Morgan fingerprint density at radius 2 is 1.90 bits per heavy atom. The Hall–Kier alpha value is -2.15. The minimum atomic E-state index is -0.110. The average molecular weight is 401 g/mol. The van der Waals surface area contributed by atoms with Crippen molar-refractivity contribution in [3.05, 3.63) is 29.1 Å². The predicted molar refractivity (Wildman–Crippen MR) is 110 cm³/mol. The molecule has 1 aromatic heterocycles. The van der Waals surface area contributed by atoms with Crippen LogP contribution in [0.15, 0.2) is 12.3 Å². The third-order valence-electron chi connectivity index (χ3n) is 6.40. The van der Waals surface area contributed by atoms with E-state index in [1.54, 1.807) is 4.90 Å². The van der Waals surface area contributed by atoms with E-state index < -0.39 is 0 Å². The molecule has 4 rings (SSSR count). The van der Waals surface area contributed by atoms with Crippen LogP contribution in [0.5, 0.6) is 0 Å². The SMILES string of the molecule is O=C1COCN(C(=O)N2CCC(c3ccnc4c3CCCC4)CC2)CCCCN1. The standard InChI is InChI=1S/C22H32N4O3/c27-21-15-29-16-26(12-4-3-10-24-21)22(28)25-13-8-17(9-14-25)18-7-11-23-20-6-2-1-5-19(18)20/h7,11,17H,1-6,8-10,12-16H2,(H,24,27). The number of rotatable bonds is 1. The molecule has 0 radical (unpaired) electrons. The van der Waals surface area contributed by atoms with Crippen molar-refractivity contribution >= 4 is 11.9 Å². The zero-order valence-corrected chi connectivity index (χ0v) is 17.2. The summed E-state index contributed by atoms with van der Waals surface area (Å²) in [6.07, 6.45) is 10.5. The molecule has 0 saturated carbocycles. The maximum absolute atomic E-state index is 13.0. The van der Waals surface area contributed by atoms with Crippen LogP contribution in [0.3, 0.4) is 0 Å². The third kappa shape index (κ3) is 4.89. The van der Waals surface area contributed by atoms with E-state index in [-0.39, 0.29) is 25.3 Å². The molecule has 0 spiro atoms. The maximum Gasteiger partial charge on any atom is 0.321 e. The van der Waals surface area contributed by atoms with Crippen LogP contribution >= 0.6 is 0 Å². The number of nitrogens with zero attached hydrogens (tertiary/aromatic N) is 3. The fraction of sp³-hybridized carbons (Fsp3) is 0.682. The molecule has 7 heteroatoms. The van der Waals surface area contributed by atoms with Gasteiger partial charge in [0.2, 0.25) is 5.91 Å². The van der Waals surface area contributed by atoms with Crippen LogP contribution in [-0.4, -0.2) is 66.2 Å². The number of aryl methyl sites for hydroxylation is 1. The van der Waals surface area contributed by atoms with Gasteiger partial charge in [-0.15, -0.1) is 0 Å². The highest BCUT2D eigenvalue weighted by Gasteiger charge is 2.29. The summed E-state index contributed by atoms with van der Waals surface area (Å²) < 4.78 is 5.46. The van der Waals surface area contributed by atoms with Crippen molar-refractivity contribution in [1.29, 1.82) is 0 Å². The Kier molecular flexibility index (Phi) is 6.64. The smallest absolute Gasteiger partial charge is 0.321 e. The minimum Gasteiger partial charge on any atom is -0.354 e. The van der Waals surface area contributed by atoms with Gasteiger partial charge in [0, 0.05) is 38.1 Å². The van der Waals surface area contributed by atoms with Gasteiger partial charge >= 0.3 is 6.03 Å². The lowest BCUT2D eigenvalue weighted by molar-refractivity contribution is -0.127. The number of nitrogens with one attached hydrogen (secondary N) is 1. The summed E-state index contributed by atoms with van der Waals surface area (Å²) in [6.45, 7) is 3.07. The molecule has 0 atom stereocenters. The molecule has 3 heterocycles. The second-order valence-electron chi connectivity index (χ2n) is 8.37. The summed E-state index contributed by atoms with van der Waals surface area (Å²) in [6, 6.07) is 2.25. The van der Waals surface area contributed by atoms with E-state index in [4.69, 9.17) is 4.74 Å². The molecule has 1 aromatic rings. The summed E-state index contributed by atoms with van der Waals surface area (Å²) in [5.74, 6) is 0.411. The van der Waals surface area contributed by atoms with Gasteiger partial charge in [-0.1, -0.05) is 0 Å². The Bertz CT molecular complexity index is 731. The van der Waals surface area contributed by atoms with E-state index in [0.29, 0.717) is 19.0 Å². The van der Waals surface area contributed by atoms with Crippen LogP contribution in [0, 0.1) is 0 Å². The second-order valence-corrected chi connectivity index (χ2v) is 8.37. The number of carbonyl (C=O) groups is 2. The van der Waals surface area contributed by atoms with Crippen LogP contribution < -0.4 is 5.32 Å². The van der Waals surface area contributed by atoms with Crippen molar-refractivity contribution in [2.24, 2.45) is 0 Å². The number of pyridine rings is 1. The summed E-state index contributed by atoms with van der Waals surface area (Å²) in [5, 5.41) is 2.82. The normalized spacial score (nSPS) is 22.0. The summed E-state index contributed by atoms with van der Waals surface area (Å²) in [4.78, 5) is 32.9. The number of ether oxygens (including phenoxy) is 1. The van der Waals surface area contributed by atoms with Crippen molar-refractivity contribution in [2.45, 2.75) is 57.3 Å². The molecule has 2 aliphatic heterocycles. The van der Waals surface area contributed by atoms with Crippen molar-refractivity contribution in [1.82, 2.24) is 20.1 Å². The minimum absolute atomic E-state index is 0.0129. The number of hydrogen-bond donors (Lipinski definition) is 1.